The van der Waals surface area contributed by atoms with Crippen LogP contribution in [0.25, 0.3) is 0 Å². The van der Waals surface area contributed by atoms with E-state index >= 15 is 0 Å². The van der Waals surface area contributed by atoms with Crippen molar-refractivity contribution in [2.24, 2.45) is 17.1 Å². The van der Waals surface area contributed by atoms with E-state index in [1.807, 2.05) is 6.92 Å². The molecule has 0 radical (unpaired) electrons. The monoisotopic (exact) mass is 175 g/mol. The highest BCUT2D eigenvalue weighted by Crippen LogP contribution is 2.60. The van der Waals surface area contributed by atoms with Gasteiger partial charge in [0, 0.05) is 5.70 Å². The van der Waals surface area contributed by atoms with Crippen LogP contribution >= 0.6 is 0 Å². The smallest absolute Gasteiger partial charge is 0.0347 e. The van der Waals surface area contributed by atoms with Gasteiger partial charge in [-0.05, 0) is 36.7 Å². The van der Waals surface area contributed by atoms with Crippen LogP contribution in [0.5, 0.6) is 0 Å². The molecule has 0 spiro atoms. The van der Waals surface area contributed by atoms with Crippen LogP contribution in [-0.4, -0.2) is 0 Å². The first-order chi connectivity index (χ1) is 6.22. The van der Waals surface area contributed by atoms with E-state index in [0.717, 1.165) is 11.6 Å². The fraction of sp³-hybridized carbons (Fsp3) is 0.500. The minimum atomic E-state index is 0.470. The molecule has 2 unspecified atom stereocenters. The van der Waals surface area contributed by atoms with E-state index in [4.69, 9.17) is 5.73 Å². The number of fused-ring (bicyclic) bond motifs is 1. The van der Waals surface area contributed by atoms with Gasteiger partial charge < -0.3 is 5.73 Å². The van der Waals surface area contributed by atoms with Crippen molar-refractivity contribution in [3.8, 4) is 0 Å². The molecule has 2 aliphatic rings. The lowest BCUT2D eigenvalue weighted by molar-refractivity contribution is 0.579. The lowest BCUT2D eigenvalue weighted by Gasteiger charge is -2.16. The van der Waals surface area contributed by atoms with Crippen LogP contribution in [0.4, 0.5) is 0 Å². The van der Waals surface area contributed by atoms with Crippen molar-refractivity contribution in [2.45, 2.75) is 26.7 Å². The Labute approximate surface area is 80.0 Å². The molecule has 2 N–H and O–H groups in total. The minimum Gasteiger partial charge on any atom is -0.399 e. The van der Waals surface area contributed by atoms with E-state index in [1.54, 1.807) is 0 Å². The Kier molecular flexibility index (Phi) is 1.83. The molecule has 2 atom stereocenters. The molecule has 0 bridgehead atoms. The Morgan fingerprint density at radius 1 is 1.69 bits per heavy atom. The maximum absolute atomic E-state index is 5.94. The van der Waals surface area contributed by atoms with Gasteiger partial charge in [-0.15, -0.1) is 0 Å². The Balaban J connectivity index is 2.30. The number of allylic oxidation sites excluding steroid dienone is 4. The van der Waals surface area contributed by atoms with Crippen molar-refractivity contribution < 1.29 is 0 Å². The molecule has 1 saturated carbocycles. The number of rotatable bonds is 2. The van der Waals surface area contributed by atoms with Crippen molar-refractivity contribution in [3.63, 3.8) is 0 Å². The summed E-state index contributed by atoms with van der Waals surface area (Å²) in [5.74, 6) is 0.728. The van der Waals surface area contributed by atoms with Gasteiger partial charge in [-0.3, -0.25) is 0 Å². The van der Waals surface area contributed by atoms with Crippen LogP contribution in [-0.2, 0) is 0 Å². The first kappa shape index (κ1) is 8.61. The average molecular weight is 175 g/mol. The lowest BCUT2D eigenvalue weighted by atomic mass is 9.91. The van der Waals surface area contributed by atoms with Crippen LogP contribution in [0.3, 0.4) is 0 Å². The summed E-state index contributed by atoms with van der Waals surface area (Å²) in [6.45, 7) is 4.30. The fourth-order valence-electron chi connectivity index (χ4n) is 2.28. The number of nitrogens with two attached hydrogens (primary N) is 1. The predicted octanol–water partition coefficient (Wildman–Crippen LogP) is 2.76. The summed E-state index contributed by atoms with van der Waals surface area (Å²) in [6, 6.07) is 0. The molecule has 1 fully saturated rings. The third-order valence-corrected chi connectivity index (χ3v) is 3.34. The van der Waals surface area contributed by atoms with E-state index < -0.39 is 0 Å². The van der Waals surface area contributed by atoms with Crippen molar-refractivity contribution in [1.82, 2.24) is 0 Å². The van der Waals surface area contributed by atoms with Gasteiger partial charge in [0.2, 0.25) is 0 Å². The standard InChI is InChI=1S/C12H17N/c1-3-5-9-7-12(4-2)8-10(12)6-11(9)13/h3,5-7,10H,4,8,13H2,1-2H3/b5-3-. The van der Waals surface area contributed by atoms with E-state index in [2.05, 4.69) is 31.2 Å². The van der Waals surface area contributed by atoms with E-state index in [-0.39, 0.29) is 0 Å². The molecular formula is C12H17N. The first-order valence-electron chi connectivity index (χ1n) is 5.05. The van der Waals surface area contributed by atoms with Gasteiger partial charge in [0.05, 0.1) is 0 Å². The van der Waals surface area contributed by atoms with Gasteiger partial charge in [-0.1, -0.05) is 31.2 Å². The van der Waals surface area contributed by atoms with Crippen molar-refractivity contribution in [1.29, 1.82) is 0 Å². The normalized spacial score (nSPS) is 36.9. The quantitative estimate of drug-likeness (QED) is 0.686. The molecule has 0 aliphatic heterocycles. The third kappa shape index (κ3) is 1.23. The predicted molar refractivity (Wildman–Crippen MR) is 56.0 cm³/mol. The molecule has 0 saturated heterocycles. The minimum absolute atomic E-state index is 0.470. The van der Waals surface area contributed by atoms with Crippen LogP contribution < -0.4 is 5.73 Å². The summed E-state index contributed by atoms with van der Waals surface area (Å²) in [7, 11) is 0. The molecule has 0 aromatic rings. The van der Waals surface area contributed by atoms with E-state index in [0.29, 0.717) is 5.41 Å². The van der Waals surface area contributed by atoms with E-state index in [9.17, 15) is 0 Å². The average Bonchev–Trinajstić information content (AvgIpc) is 2.80. The molecule has 13 heavy (non-hydrogen) atoms. The zero-order valence-electron chi connectivity index (χ0n) is 8.38. The largest absolute Gasteiger partial charge is 0.399 e. The maximum Gasteiger partial charge on any atom is 0.0347 e. The second-order valence-electron chi connectivity index (χ2n) is 4.12. The summed E-state index contributed by atoms with van der Waals surface area (Å²) in [4.78, 5) is 0. The van der Waals surface area contributed by atoms with Crippen molar-refractivity contribution in [2.75, 3.05) is 0 Å². The molecule has 0 heterocycles. The molecule has 70 valence electrons. The molecule has 0 aromatic heterocycles. The third-order valence-electron chi connectivity index (χ3n) is 3.34. The number of hydrogen-bond acceptors (Lipinski definition) is 1. The Hall–Kier alpha value is -0.980. The summed E-state index contributed by atoms with van der Waals surface area (Å²) in [5, 5.41) is 0. The summed E-state index contributed by atoms with van der Waals surface area (Å²) in [5.41, 5.74) is 8.59. The number of hydrogen-bond donors (Lipinski definition) is 1. The SMILES string of the molecule is C/C=C\C1=CC2(CC)CC2C=C1N. The second-order valence-corrected chi connectivity index (χ2v) is 4.12. The summed E-state index contributed by atoms with van der Waals surface area (Å²) >= 11 is 0. The first-order valence-corrected chi connectivity index (χ1v) is 5.05. The van der Waals surface area contributed by atoms with Crippen molar-refractivity contribution in [3.05, 3.63) is 35.6 Å². The van der Waals surface area contributed by atoms with Gasteiger partial charge in [0.25, 0.3) is 0 Å². The maximum atomic E-state index is 5.94. The molecule has 2 aliphatic carbocycles. The van der Waals surface area contributed by atoms with E-state index in [1.165, 1.54) is 18.4 Å². The van der Waals surface area contributed by atoms with Gasteiger partial charge >= 0.3 is 0 Å². The molecule has 0 aromatic carbocycles. The molecule has 2 rings (SSSR count). The van der Waals surface area contributed by atoms with Gasteiger partial charge in [-0.2, -0.15) is 0 Å². The highest BCUT2D eigenvalue weighted by Gasteiger charge is 2.51. The van der Waals surface area contributed by atoms with Crippen LogP contribution in [0.2, 0.25) is 0 Å². The highest BCUT2D eigenvalue weighted by atomic mass is 14.6. The Morgan fingerprint density at radius 2 is 2.46 bits per heavy atom. The zero-order chi connectivity index (χ0) is 9.47. The zero-order valence-corrected chi connectivity index (χ0v) is 8.38. The molecular weight excluding hydrogens is 158 g/mol. The Bertz CT molecular complexity index is 309. The molecule has 1 heteroatoms. The van der Waals surface area contributed by atoms with Gasteiger partial charge in [0.15, 0.2) is 0 Å². The second kappa shape index (κ2) is 2.76. The Morgan fingerprint density at radius 3 is 3.08 bits per heavy atom. The van der Waals surface area contributed by atoms with Crippen LogP contribution in [0.15, 0.2) is 35.6 Å². The van der Waals surface area contributed by atoms with Crippen LogP contribution in [0.1, 0.15) is 26.7 Å². The van der Waals surface area contributed by atoms with Gasteiger partial charge in [-0.25, -0.2) is 0 Å². The highest BCUT2D eigenvalue weighted by molar-refractivity contribution is 5.46. The molecule has 1 nitrogen and oxygen atoms in total. The van der Waals surface area contributed by atoms with Crippen molar-refractivity contribution >= 4 is 0 Å². The fourth-order valence-corrected chi connectivity index (χ4v) is 2.28. The topological polar surface area (TPSA) is 26.0 Å². The lowest BCUT2D eigenvalue weighted by Crippen LogP contribution is -2.10. The summed E-state index contributed by atoms with van der Waals surface area (Å²) in [6.07, 6.45) is 11.3. The van der Waals surface area contributed by atoms with Crippen LogP contribution in [0, 0.1) is 11.3 Å². The van der Waals surface area contributed by atoms with Gasteiger partial charge in [0.1, 0.15) is 0 Å². The summed E-state index contributed by atoms with van der Waals surface area (Å²) < 4.78 is 0. The molecule has 0 amide bonds.